The Kier molecular flexibility index (Phi) is 5.16. The van der Waals surface area contributed by atoms with Gasteiger partial charge >= 0.3 is 0 Å². The number of halogens is 2. The van der Waals surface area contributed by atoms with Crippen LogP contribution in [0.2, 0.25) is 0 Å². The smallest absolute Gasteiger partial charge is 0.194 e. The minimum Gasteiger partial charge on any atom is -0.366 e. The first-order valence-corrected chi connectivity index (χ1v) is 8.20. The zero-order chi connectivity index (χ0) is 17.8. The quantitative estimate of drug-likeness (QED) is 0.676. The molecule has 1 saturated heterocycles. The van der Waals surface area contributed by atoms with E-state index < -0.39 is 11.6 Å². The zero-order valence-electron chi connectivity index (χ0n) is 14.4. The fraction of sp³-hybridized carbons (Fsp3) is 0.412. The van der Waals surface area contributed by atoms with E-state index in [4.69, 9.17) is 0 Å². The van der Waals surface area contributed by atoms with Gasteiger partial charge in [0.15, 0.2) is 5.96 Å². The molecule has 0 unspecified atom stereocenters. The van der Waals surface area contributed by atoms with Gasteiger partial charge in [0.1, 0.15) is 17.5 Å². The van der Waals surface area contributed by atoms with Gasteiger partial charge in [0.2, 0.25) is 0 Å². The number of hydrogen-bond acceptors (Lipinski definition) is 3. The summed E-state index contributed by atoms with van der Waals surface area (Å²) in [6.45, 7) is 3.13. The molecule has 2 aromatic rings. The van der Waals surface area contributed by atoms with Crippen LogP contribution >= 0.6 is 0 Å². The van der Waals surface area contributed by atoms with Crippen LogP contribution in [-0.2, 0) is 13.6 Å². The van der Waals surface area contributed by atoms with Crippen LogP contribution in [0.3, 0.4) is 0 Å². The third kappa shape index (κ3) is 3.89. The van der Waals surface area contributed by atoms with Crippen LogP contribution in [0, 0.1) is 11.6 Å². The number of nitrogens with one attached hydrogen (secondary N) is 1. The molecule has 1 aliphatic rings. The van der Waals surface area contributed by atoms with Crippen molar-refractivity contribution < 1.29 is 8.78 Å². The van der Waals surface area contributed by atoms with Crippen LogP contribution in [0.25, 0.3) is 0 Å². The molecular weight excluding hydrogens is 326 g/mol. The summed E-state index contributed by atoms with van der Waals surface area (Å²) in [5.74, 6) is 0.877. The van der Waals surface area contributed by atoms with Gasteiger partial charge in [-0.3, -0.25) is 4.99 Å². The van der Waals surface area contributed by atoms with Gasteiger partial charge in [-0.1, -0.05) is 0 Å². The van der Waals surface area contributed by atoms with Crippen LogP contribution in [0.5, 0.6) is 0 Å². The molecule has 8 heteroatoms. The average Bonchev–Trinajstić information content (AvgIpc) is 3.03. The summed E-state index contributed by atoms with van der Waals surface area (Å²) in [6, 6.07) is 3.56. The topological polar surface area (TPSA) is 48.7 Å². The van der Waals surface area contributed by atoms with Gasteiger partial charge in [-0.05, 0) is 12.1 Å². The second-order valence-electron chi connectivity index (χ2n) is 5.92. The van der Waals surface area contributed by atoms with Crippen molar-refractivity contribution in [1.29, 1.82) is 0 Å². The lowest BCUT2D eigenvalue weighted by atomic mass is 10.2. The lowest BCUT2D eigenvalue weighted by Gasteiger charge is -2.37. The molecule has 0 amide bonds. The summed E-state index contributed by atoms with van der Waals surface area (Å²) in [4.78, 5) is 12.6. The number of imidazole rings is 1. The molecule has 0 radical (unpaired) electrons. The van der Waals surface area contributed by atoms with Crippen LogP contribution in [0.4, 0.5) is 14.5 Å². The van der Waals surface area contributed by atoms with Crippen molar-refractivity contribution in [2.75, 3.05) is 38.1 Å². The van der Waals surface area contributed by atoms with Crippen molar-refractivity contribution in [3.63, 3.8) is 0 Å². The first kappa shape index (κ1) is 17.2. The minimum atomic E-state index is -0.425. The van der Waals surface area contributed by atoms with Crippen molar-refractivity contribution >= 4 is 11.6 Å². The fourth-order valence-electron chi connectivity index (χ4n) is 2.94. The average molecular weight is 348 g/mol. The molecule has 0 aliphatic carbocycles. The van der Waals surface area contributed by atoms with Crippen molar-refractivity contribution in [2.24, 2.45) is 12.0 Å². The number of hydrogen-bond donors (Lipinski definition) is 1. The Morgan fingerprint density at radius 3 is 2.64 bits per heavy atom. The number of aryl methyl sites for hydroxylation is 1. The minimum absolute atomic E-state index is 0.315. The third-order valence-electron chi connectivity index (χ3n) is 4.37. The number of guanidine groups is 1. The maximum absolute atomic E-state index is 13.9. The largest absolute Gasteiger partial charge is 0.366 e. The molecule has 1 N–H and O–H groups in total. The van der Waals surface area contributed by atoms with E-state index in [1.165, 1.54) is 12.1 Å². The Hall–Kier alpha value is -2.64. The Morgan fingerprint density at radius 2 is 2.00 bits per heavy atom. The number of rotatable bonds is 3. The van der Waals surface area contributed by atoms with E-state index in [0.29, 0.717) is 38.4 Å². The maximum Gasteiger partial charge on any atom is 0.194 e. The second kappa shape index (κ2) is 7.50. The predicted molar refractivity (Wildman–Crippen MR) is 93.6 cm³/mol. The van der Waals surface area contributed by atoms with Crippen molar-refractivity contribution in [1.82, 2.24) is 19.8 Å². The first-order chi connectivity index (χ1) is 12.1. The van der Waals surface area contributed by atoms with E-state index in [2.05, 4.69) is 20.2 Å². The number of aliphatic imine (C=N–C) groups is 1. The summed E-state index contributed by atoms with van der Waals surface area (Å²) in [7, 11) is 3.68. The molecular formula is C17H22F2N6. The first-order valence-electron chi connectivity index (χ1n) is 8.20. The molecule has 6 nitrogen and oxygen atoms in total. The lowest BCUT2D eigenvalue weighted by Crippen LogP contribution is -2.52. The summed E-state index contributed by atoms with van der Waals surface area (Å²) in [5.41, 5.74) is 0.315. The highest BCUT2D eigenvalue weighted by Crippen LogP contribution is 2.21. The summed E-state index contributed by atoms with van der Waals surface area (Å²) in [5, 5.41) is 3.30. The van der Waals surface area contributed by atoms with Crippen LogP contribution in [-0.4, -0.2) is 53.6 Å². The number of aromatic nitrogens is 2. The second-order valence-corrected chi connectivity index (χ2v) is 5.92. The number of anilines is 1. The van der Waals surface area contributed by atoms with E-state index >= 15 is 0 Å². The molecule has 134 valence electrons. The van der Waals surface area contributed by atoms with E-state index in [1.807, 2.05) is 22.7 Å². The lowest BCUT2D eigenvalue weighted by molar-refractivity contribution is 0.369. The van der Waals surface area contributed by atoms with Gasteiger partial charge in [-0.2, -0.15) is 0 Å². The molecule has 1 fully saturated rings. The van der Waals surface area contributed by atoms with Gasteiger partial charge in [-0.15, -0.1) is 0 Å². The summed E-state index contributed by atoms with van der Waals surface area (Å²) in [6.07, 6.45) is 3.65. The van der Waals surface area contributed by atoms with Crippen LogP contribution < -0.4 is 10.2 Å². The van der Waals surface area contributed by atoms with Gasteiger partial charge < -0.3 is 19.7 Å². The predicted octanol–water partition coefficient (Wildman–Crippen LogP) is 1.60. The highest BCUT2D eigenvalue weighted by molar-refractivity contribution is 5.80. The molecule has 1 aliphatic heterocycles. The van der Waals surface area contributed by atoms with E-state index in [0.717, 1.165) is 17.9 Å². The fourth-order valence-corrected chi connectivity index (χ4v) is 2.94. The molecule has 0 bridgehead atoms. The van der Waals surface area contributed by atoms with Crippen molar-refractivity contribution in [3.8, 4) is 0 Å². The van der Waals surface area contributed by atoms with Gasteiger partial charge in [0.25, 0.3) is 0 Å². The molecule has 1 aromatic heterocycles. The molecule has 0 saturated carbocycles. The highest BCUT2D eigenvalue weighted by Gasteiger charge is 2.22. The highest BCUT2D eigenvalue weighted by atomic mass is 19.1. The molecule has 2 heterocycles. The summed E-state index contributed by atoms with van der Waals surface area (Å²) >= 11 is 0. The van der Waals surface area contributed by atoms with E-state index in [-0.39, 0.29) is 0 Å². The Morgan fingerprint density at radius 1 is 1.24 bits per heavy atom. The number of piperazine rings is 1. The van der Waals surface area contributed by atoms with Crippen LogP contribution in [0.15, 0.2) is 35.6 Å². The standard InChI is InChI=1S/C17H22F2N6/c1-20-17(22-12-16-21-5-6-23(16)2)25-9-7-24(8-10-25)15-11-13(18)3-4-14(15)19/h3-6,11H,7-10,12H2,1-2H3,(H,20,22). The zero-order valence-corrected chi connectivity index (χ0v) is 14.4. The molecule has 25 heavy (non-hydrogen) atoms. The van der Waals surface area contributed by atoms with Crippen LogP contribution in [0.1, 0.15) is 5.82 Å². The Balaban J connectivity index is 1.59. The number of nitrogens with zero attached hydrogens (tertiary/aromatic N) is 5. The van der Waals surface area contributed by atoms with Gasteiger partial charge in [0, 0.05) is 58.7 Å². The molecule has 0 spiro atoms. The van der Waals surface area contributed by atoms with E-state index in [1.54, 1.807) is 13.2 Å². The van der Waals surface area contributed by atoms with Crippen molar-refractivity contribution in [3.05, 3.63) is 48.1 Å². The Bertz CT molecular complexity index is 749. The SMILES string of the molecule is CN=C(NCc1nccn1C)N1CCN(c2cc(F)ccc2F)CC1. The van der Waals surface area contributed by atoms with Crippen molar-refractivity contribution in [2.45, 2.75) is 6.54 Å². The van der Waals surface area contributed by atoms with Gasteiger partial charge in [0.05, 0.1) is 12.2 Å². The molecule has 0 atom stereocenters. The monoisotopic (exact) mass is 348 g/mol. The van der Waals surface area contributed by atoms with E-state index in [9.17, 15) is 8.78 Å². The molecule has 3 rings (SSSR count). The summed E-state index contributed by atoms with van der Waals surface area (Å²) < 4.78 is 29.3. The third-order valence-corrected chi connectivity index (χ3v) is 4.37. The normalized spacial score (nSPS) is 15.6. The number of benzene rings is 1. The molecule has 1 aromatic carbocycles. The maximum atomic E-state index is 13.9. The van der Waals surface area contributed by atoms with Gasteiger partial charge in [-0.25, -0.2) is 13.8 Å². The Labute approximate surface area is 145 Å².